The van der Waals surface area contributed by atoms with E-state index in [9.17, 15) is 9.59 Å². The second-order valence-electron chi connectivity index (χ2n) is 16.2. The summed E-state index contributed by atoms with van der Waals surface area (Å²) in [5.41, 5.74) is 4.33. The minimum Gasteiger partial charge on any atom is -0.542 e. The van der Waals surface area contributed by atoms with Gasteiger partial charge in [-0.3, -0.25) is 9.59 Å². The molecule has 2 aromatic rings. The van der Waals surface area contributed by atoms with Crippen molar-refractivity contribution >= 4 is 33.8 Å². The lowest BCUT2D eigenvalue weighted by molar-refractivity contribution is 0.0222. The molecule has 0 radical (unpaired) electrons. The van der Waals surface area contributed by atoms with Crippen molar-refractivity contribution in [3.05, 3.63) is 57.8 Å². The van der Waals surface area contributed by atoms with E-state index in [1.54, 1.807) is 12.1 Å². The Morgan fingerprint density at radius 3 is 1.67 bits per heavy atom. The molecule has 0 fully saturated rings. The van der Waals surface area contributed by atoms with E-state index in [1.165, 1.54) is 14.2 Å². The van der Waals surface area contributed by atoms with Gasteiger partial charge in [0.25, 0.3) is 8.32 Å². The van der Waals surface area contributed by atoms with Crippen LogP contribution in [0, 0.1) is 0 Å². The molecule has 4 rings (SSSR count). The van der Waals surface area contributed by atoms with Gasteiger partial charge in [-0.05, 0) is 64.8 Å². The van der Waals surface area contributed by atoms with E-state index in [4.69, 9.17) is 23.1 Å². The molecule has 49 heavy (non-hydrogen) atoms. The number of fused-ring (bicyclic) bond motifs is 3. The summed E-state index contributed by atoms with van der Waals surface area (Å²) in [6, 6.07) is 7.21. The van der Waals surface area contributed by atoms with Gasteiger partial charge < -0.3 is 23.1 Å². The Kier molecular flexibility index (Phi) is 11.1. The van der Waals surface area contributed by atoms with Crippen LogP contribution in [0.25, 0.3) is 5.57 Å². The molecule has 1 aliphatic carbocycles. The van der Waals surface area contributed by atoms with Gasteiger partial charge in [-0.1, -0.05) is 89.2 Å². The molecule has 0 saturated carbocycles. The van der Waals surface area contributed by atoms with Gasteiger partial charge in [-0.25, -0.2) is 0 Å². The maximum Gasteiger partial charge on any atom is 0.258 e. The lowest BCUT2D eigenvalue weighted by atomic mass is 9.76. The first kappa shape index (κ1) is 38.9. The minimum absolute atomic E-state index is 0.0459. The molecule has 0 saturated heterocycles. The number of Topliss-reactive ketones (excluding diaryl/α,β-unsaturated/α-hetero) is 2. The first-order valence-electron chi connectivity index (χ1n) is 18.0. The number of carbonyl (C=O) groups is 2. The smallest absolute Gasteiger partial charge is 0.258 e. The number of allylic oxidation sites excluding steroid dienone is 2. The van der Waals surface area contributed by atoms with Crippen molar-refractivity contribution in [1.29, 1.82) is 0 Å². The van der Waals surface area contributed by atoms with E-state index in [1.807, 2.05) is 26.0 Å². The van der Waals surface area contributed by atoms with Crippen LogP contribution in [0.5, 0.6) is 17.2 Å². The fourth-order valence-electron chi connectivity index (χ4n) is 9.40. The molecule has 1 aliphatic heterocycles. The molecule has 0 N–H and O–H groups in total. The normalized spacial score (nSPS) is 16.1. The Morgan fingerprint density at radius 2 is 1.20 bits per heavy atom. The van der Waals surface area contributed by atoms with Crippen molar-refractivity contribution in [3.8, 4) is 17.2 Å². The number of ketones is 2. The highest BCUT2D eigenvalue weighted by molar-refractivity contribution is 6.78. The van der Waals surface area contributed by atoms with Crippen molar-refractivity contribution in [2.24, 2.45) is 0 Å². The van der Waals surface area contributed by atoms with Crippen LogP contribution in [0.3, 0.4) is 0 Å². The molecular weight excluding hydrogens is 649 g/mol. The van der Waals surface area contributed by atoms with Gasteiger partial charge in [-0.2, -0.15) is 0 Å². The molecule has 270 valence electrons. The van der Waals surface area contributed by atoms with Gasteiger partial charge >= 0.3 is 0 Å². The lowest BCUT2D eigenvalue weighted by Crippen LogP contribution is -2.51. The fourth-order valence-corrected chi connectivity index (χ4v) is 20.1. The van der Waals surface area contributed by atoms with Crippen LogP contribution in [0.15, 0.2) is 30.0 Å². The number of ether oxygens (including phenoxy) is 3. The average Bonchev–Trinajstić information content (AvgIpc) is 3.00. The van der Waals surface area contributed by atoms with Crippen LogP contribution in [0.4, 0.5) is 0 Å². The zero-order valence-corrected chi connectivity index (χ0v) is 34.8. The van der Waals surface area contributed by atoms with Gasteiger partial charge in [0, 0.05) is 22.8 Å². The average molecular weight is 709 g/mol. The van der Waals surface area contributed by atoms with E-state index >= 15 is 0 Å². The Hall–Kier alpha value is -2.89. The largest absolute Gasteiger partial charge is 0.542 e. The minimum atomic E-state index is -2.41. The Morgan fingerprint density at radius 1 is 0.673 bits per heavy atom. The molecule has 1 heterocycles. The van der Waals surface area contributed by atoms with E-state index in [0.29, 0.717) is 51.2 Å². The predicted octanol–water partition coefficient (Wildman–Crippen LogP) is 11.0. The zero-order valence-electron chi connectivity index (χ0n) is 32.8. The number of hydrogen-bond donors (Lipinski definition) is 0. The van der Waals surface area contributed by atoms with Gasteiger partial charge in [-0.15, -0.1) is 0 Å². The fraction of sp³-hybridized carbons (Fsp3) is 0.600. The molecule has 7 nitrogen and oxygen atoms in total. The SMILES string of the molecule is COc1cc(OC)c2c(c1)C(=O)C1=C(OC(C)(C)c3c1ccc(O[Si](C(C)C)(C(C)C)C(C)C)c3CO[Si](C(C)C)(C(C)C)C(C)C)C2=O. The van der Waals surface area contributed by atoms with Crippen LogP contribution < -0.4 is 13.9 Å². The number of benzene rings is 2. The summed E-state index contributed by atoms with van der Waals surface area (Å²) in [4.78, 5) is 28.8. The zero-order chi connectivity index (χ0) is 37.0. The first-order valence-corrected chi connectivity index (χ1v) is 22.3. The second kappa shape index (κ2) is 14.0. The molecule has 9 heteroatoms. The molecule has 0 amide bonds. The second-order valence-corrected chi connectivity index (χ2v) is 27.1. The monoisotopic (exact) mass is 708 g/mol. The number of carbonyl (C=O) groups excluding carboxylic acids is 2. The van der Waals surface area contributed by atoms with Crippen molar-refractivity contribution in [2.75, 3.05) is 14.2 Å². The van der Waals surface area contributed by atoms with E-state index in [2.05, 4.69) is 83.1 Å². The van der Waals surface area contributed by atoms with Crippen LogP contribution in [-0.4, -0.2) is 42.4 Å². The van der Waals surface area contributed by atoms with Crippen LogP contribution in [0.2, 0.25) is 33.2 Å². The Bertz CT molecular complexity index is 1590. The molecule has 0 aromatic heterocycles. The summed E-state index contributed by atoms with van der Waals surface area (Å²) >= 11 is 0. The molecular formula is C40H60O7Si2. The van der Waals surface area contributed by atoms with Crippen LogP contribution in [-0.2, 0) is 21.4 Å². The van der Waals surface area contributed by atoms with Crippen molar-refractivity contribution < 1.29 is 32.7 Å². The third-order valence-corrected chi connectivity index (χ3v) is 23.4. The quantitative estimate of drug-likeness (QED) is 0.192. The van der Waals surface area contributed by atoms with Crippen LogP contribution in [0.1, 0.15) is 134 Å². The van der Waals surface area contributed by atoms with Crippen molar-refractivity contribution in [2.45, 2.75) is 142 Å². The molecule has 2 aliphatic rings. The summed E-state index contributed by atoms with van der Waals surface area (Å²) in [5, 5.41) is 0. The molecule has 0 bridgehead atoms. The van der Waals surface area contributed by atoms with E-state index in [0.717, 1.165) is 16.9 Å². The highest BCUT2D eigenvalue weighted by Gasteiger charge is 2.51. The number of hydrogen-bond acceptors (Lipinski definition) is 7. The Labute approximate surface area is 297 Å². The highest BCUT2D eigenvalue weighted by atomic mass is 28.4. The highest BCUT2D eigenvalue weighted by Crippen LogP contribution is 2.52. The van der Waals surface area contributed by atoms with Gasteiger partial charge in [0.2, 0.25) is 14.1 Å². The van der Waals surface area contributed by atoms with Crippen LogP contribution >= 0.6 is 0 Å². The topological polar surface area (TPSA) is 80.3 Å². The number of methoxy groups -OCH3 is 2. The third-order valence-electron chi connectivity index (χ3n) is 11.3. The third kappa shape index (κ3) is 6.22. The lowest BCUT2D eigenvalue weighted by Gasteiger charge is -2.45. The van der Waals surface area contributed by atoms with Gasteiger partial charge in [0.05, 0.1) is 32.0 Å². The maximum absolute atomic E-state index is 14.5. The summed E-state index contributed by atoms with van der Waals surface area (Å²) in [6.45, 7) is 31.7. The standard InChI is InChI=1S/C40H60O7Si2/c1-22(2)48(23(3)4,24(5)6)45-21-31-32(47-49(25(7)8,26(9)10)27(11)12)18-17-29-35-37(41)30-19-28(43-15)20-33(44-16)34(30)38(42)39(35)46-40(13,14)36(29)31/h17-20,22-27H,21H2,1-16H3. The first-order chi connectivity index (χ1) is 22.7. The van der Waals surface area contributed by atoms with Gasteiger partial charge in [0.15, 0.2) is 11.5 Å². The summed E-state index contributed by atoms with van der Waals surface area (Å²) in [6.07, 6.45) is 0. The summed E-state index contributed by atoms with van der Waals surface area (Å²) < 4.78 is 32.5. The van der Waals surface area contributed by atoms with Crippen molar-refractivity contribution in [1.82, 2.24) is 0 Å². The van der Waals surface area contributed by atoms with E-state index < -0.39 is 22.2 Å². The molecule has 0 spiro atoms. The molecule has 0 atom stereocenters. The number of rotatable bonds is 13. The molecule has 2 aromatic carbocycles. The molecule has 0 unspecified atom stereocenters. The van der Waals surface area contributed by atoms with Gasteiger partial charge in [0.1, 0.15) is 22.8 Å². The summed E-state index contributed by atoms with van der Waals surface area (Å²) in [7, 11) is -1.72. The van der Waals surface area contributed by atoms with Crippen molar-refractivity contribution in [3.63, 3.8) is 0 Å². The predicted molar refractivity (Wildman–Crippen MR) is 203 cm³/mol. The maximum atomic E-state index is 14.5. The summed E-state index contributed by atoms with van der Waals surface area (Å²) in [5.74, 6) is 0.871. The Balaban J connectivity index is 2.06. The van der Waals surface area contributed by atoms with E-state index in [-0.39, 0.29) is 39.8 Å².